The summed E-state index contributed by atoms with van der Waals surface area (Å²) in [5, 5.41) is 8.98. The van der Waals surface area contributed by atoms with Gasteiger partial charge in [-0.25, -0.2) is 9.59 Å². The molecule has 0 radical (unpaired) electrons. The number of carbonyl (C=O) groups excluding carboxylic acids is 1. The first-order valence-corrected chi connectivity index (χ1v) is 9.76. The molecule has 154 valence electrons. The van der Waals surface area contributed by atoms with Crippen molar-refractivity contribution in [3.8, 4) is 11.5 Å². The van der Waals surface area contributed by atoms with Crippen molar-refractivity contribution in [3.05, 3.63) is 23.3 Å². The summed E-state index contributed by atoms with van der Waals surface area (Å²) in [5.74, 6) is -0.768. The molecule has 0 bridgehead atoms. The molecule has 1 aromatic rings. The van der Waals surface area contributed by atoms with Crippen LogP contribution < -0.4 is 9.47 Å². The predicted octanol–water partition coefficient (Wildman–Crippen LogP) is 2.67. The Bertz CT molecular complexity index is 747. The molecule has 3 rings (SSSR count). The first-order valence-electron chi connectivity index (χ1n) is 9.76. The van der Waals surface area contributed by atoms with E-state index in [1.165, 1.54) is 5.56 Å². The molecule has 7 nitrogen and oxygen atoms in total. The molecule has 1 fully saturated rings. The molecule has 0 saturated carbocycles. The molecule has 0 aromatic heterocycles. The van der Waals surface area contributed by atoms with E-state index in [1.54, 1.807) is 14.2 Å². The Hall–Kier alpha value is -2.28. The van der Waals surface area contributed by atoms with Gasteiger partial charge in [-0.15, -0.1) is 0 Å². The van der Waals surface area contributed by atoms with Gasteiger partial charge in [0, 0.05) is 31.5 Å². The topological polar surface area (TPSA) is 85.3 Å². The molecule has 2 aliphatic heterocycles. The summed E-state index contributed by atoms with van der Waals surface area (Å²) in [4.78, 5) is 25.2. The molecular formula is C21H29NO6. The Balaban J connectivity index is 1.91. The van der Waals surface area contributed by atoms with E-state index in [4.69, 9.17) is 19.3 Å². The third-order valence-electron chi connectivity index (χ3n) is 5.77. The molecule has 2 heterocycles. The van der Waals surface area contributed by atoms with Gasteiger partial charge in [0.25, 0.3) is 0 Å². The molecule has 1 saturated heterocycles. The van der Waals surface area contributed by atoms with Crippen molar-refractivity contribution in [2.75, 3.05) is 27.3 Å². The lowest BCUT2D eigenvalue weighted by Crippen LogP contribution is -2.50. The lowest BCUT2D eigenvalue weighted by atomic mass is 9.79. The monoisotopic (exact) mass is 391 g/mol. The number of piperidine rings is 1. The van der Waals surface area contributed by atoms with Crippen LogP contribution in [0.5, 0.6) is 11.5 Å². The molecule has 1 N–H and O–H groups in total. The second-order valence-electron chi connectivity index (χ2n) is 8.04. The van der Waals surface area contributed by atoms with Crippen LogP contribution in [0.3, 0.4) is 0 Å². The van der Waals surface area contributed by atoms with E-state index in [0.717, 1.165) is 31.5 Å². The number of methoxy groups -OCH3 is 2. The number of carbonyl (C=O) groups is 2. The molecule has 1 aromatic carbocycles. The van der Waals surface area contributed by atoms with E-state index >= 15 is 0 Å². The minimum absolute atomic E-state index is 0.0681. The number of nitrogens with zero attached hydrogens (tertiary/aromatic N) is 1. The fourth-order valence-electron chi connectivity index (χ4n) is 4.57. The third-order valence-corrected chi connectivity index (χ3v) is 5.77. The summed E-state index contributed by atoms with van der Waals surface area (Å²) < 4.78 is 16.3. The number of hydrogen-bond acceptors (Lipinski definition) is 6. The number of fused-ring (bicyclic) bond motifs is 3. The molecule has 2 aliphatic rings. The lowest BCUT2D eigenvalue weighted by molar-refractivity contribution is -0.172. The van der Waals surface area contributed by atoms with Crippen LogP contribution in [0.1, 0.15) is 43.9 Å². The third kappa shape index (κ3) is 4.09. The van der Waals surface area contributed by atoms with E-state index in [0.29, 0.717) is 23.8 Å². The van der Waals surface area contributed by atoms with Crippen molar-refractivity contribution >= 4 is 11.9 Å². The minimum atomic E-state index is -1.54. The molecular weight excluding hydrogens is 362 g/mol. The summed E-state index contributed by atoms with van der Waals surface area (Å²) >= 11 is 0. The average molecular weight is 391 g/mol. The SMILES string of the molecule is COc1cc2c(cc1OC)[C@@H]1C[C@H](OC(=O)C(=O)O)[C@@H](CC(C)C)CN1CC2. The first-order chi connectivity index (χ1) is 13.3. The molecule has 0 amide bonds. The van der Waals surface area contributed by atoms with Gasteiger partial charge in [0.05, 0.1) is 14.2 Å². The van der Waals surface area contributed by atoms with Crippen LogP contribution in [0.15, 0.2) is 12.1 Å². The van der Waals surface area contributed by atoms with Crippen LogP contribution in [0.25, 0.3) is 0 Å². The van der Waals surface area contributed by atoms with Crippen molar-refractivity contribution in [1.29, 1.82) is 0 Å². The highest BCUT2D eigenvalue weighted by atomic mass is 16.6. The van der Waals surface area contributed by atoms with Gasteiger partial charge in [0.2, 0.25) is 0 Å². The minimum Gasteiger partial charge on any atom is -0.493 e. The standard InChI is InChI=1S/C21H29NO6/c1-12(2)7-14-11-22-6-5-13-8-18(26-3)19(27-4)9-15(13)16(22)10-17(14)28-21(25)20(23)24/h8-9,12,14,16-17H,5-7,10-11H2,1-4H3,(H,23,24)/t14-,16-,17-/m0/s1. The number of benzene rings is 1. The Morgan fingerprint density at radius 1 is 1.21 bits per heavy atom. The number of ether oxygens (including phenoxy) is 3. The highest BCUT2D eigenvalue weighted by molar-refractivity contribution is 6.28. The molecule has 28 heavy (non-hydrogen) atoms. The van der Waals surface area contributed by atoms with E-state index in [1.807, 2.05) is 12.1 Å². The number of aliphatic carboxylic acids is 1. The fraction of sp³-hybridized carbons (Fsp3) is 0.619. The summed E-state index contributed by atoms with van der Waals surface area (Å²) in [6, 6.07) is 4.09. The summed E-state index contributed by atoms with van der Waals surface area (Å²) in [6.07, 6.45) is 1.98. The van der Waals surface area contributed by atoms with Crippen LogP contribution in [0, 0.1) is 11.8 Å². The van der Waals surface area contributed by atoms with E-state index < -0.39 is 18.0 Å². The quantitative estimate of drug-likeness (QED) is 0.610. The largest absolute Gasteiger partial charge is 0.493 e. The van der Waals surface area contributed by atoms with Crippen molar-refractivity contribution in [3.63, 3.8) is 0 Å². The highest BCUT2D eigenvalue weighted by Gasteiger charge is 2.41. The number of esters is 1. The molecule has 7 heteroatoms. The number of hydrogen-bond donors (Lipinski definition) is 1. The van der Waals surface area contributed by atoms with Gasteiger partial charge in [-0.05, 0) is 42.0 Å². The zero-order valence-electron chi connectivity index (χ0n) is 16.9. The van der Waals surface area contributed by atoms with Gasteiger partial charge in [0.1, 0.15) is 6.10 Å². The van der Waals surface area contributed by atoms with Crippen molar-refractivity contribution in [2.45, 2.75) is 45.3 Å². The smallest absolute Gasteiger partial charge is 0.417 e. The number of rotatable bonds is 5. The number of carboxylic acids is 1. The summed E-state index contributed by atoms with van der Waals surface area (Å²) in [7, 11) is 3.24. The fourth-order valence-corrected chi connectivity index (χ4v) is 4.57. The van der Waals surface area contributed by atoms with Crippen LogP contribution in [0.2, 0.25) is 0 Å². The van der Waals surface area contributed by atoms with Gasteiger partial charge in [-0.3, -0.25) is 4.90 Å². The molecule has 3 atom stereocenters. The normalized spacial score (nSPS) is 24.2. The maximum absolute atomic E-state index is 11.8. The van der Waals surface area contributed by atoms with Gasteiger partial charge in [0.15, 0.2) is 11.5 Å². The van der Waals surface area contributed by atoms with Crippen molar-refractivity contribution in [2.24, 2.45) is 11.8 Å². The number of carboxylic acid groups (broad SMARTS) is 1. The highest BCUT2D eigenvalue weighted by Crippen LogP contribution is 2.44. The Kier molecular flexibility index (Phi) is 6.13. The molecule has 0 spiro atoms. The maximum Gasteiger partial charge on any atom is 0.417 e. The van der Waals surface area contributed by atoms with Gasteiger partial charge >= 0.3 is 11.9 Å². The Morgan fingerprint density at radius 3 is 2.50 bits per heavy atom. The van der Waals surface area contributed by atoms with Crippen LogP contribution >= 0.6 is 0 Å². The summed E-state index contributed by atoms with van der Waals surface area (Å²) in [5.41, 5.74) is 2.34. The van der Waals surface area contributed by atoms with Crippen molar-refractivity contribution in [1.82, 2.24) is 4.90 Å². The Labute approximate surface area is 165 Å². The second kappa shape index (κ2) is 8.39. The predicted molar refractivity (Wildman–Crippen MR) is 103 cm³/mol. The summed E-state index contributed by atoms with van der Waals surface area (Å²) in [6.45, 7) is 5.96. The molecule has 0 unspecified atom stereocenters. The van der Waals surface area contributed by atoms with E-state index in [9.17, 15) is 9.59 Å². The van der Waals surface area contributed by atoms with E-state index in [2.05, 4.69) is 18.7 Å². The maximum atomic E-state index is 11.8. The zero-order valence-corrected chi connectivity index (χ0v) is 16.9. The lowest BCUT2D eigenvalue weighted by Gasteiger charge is -2.47. The van der Waals surface area contributed by atoms with Crippen LogP contribution in [0.4, 0.5) is 0 Å². The zero-order chi connectivity index (χ0) is 20.4. The van der Waals surface area contributed by atoms with Gasteiger partial charge in [-0.2, -0.15) is 0 Å². The van der Waals surface area contributed by atoms with Crippen LogP contribution in [-0.4, -0.2) is 55.4 Å². The molecule has 0 aliphatic carbocycles. The first kappa shape index (κ1) is 20.5. The van der Waals surface area contributed by atoms with Gasteiger partial charge in [-0.1, -0.05) is 13.8 Å². The van der Waals surface area contributed by atoms with E-state index in [-0.39, 0.29) is 12.0 Å². The second-order valence-corrected chi connectivity index (χ2v) is 8.04. The Morgan fingerprint density at radius 2 is 1.89 bits per heavy atom. The van der Waals surface area contributed by atoms with Crippen LogP contribution in [-0.2, 0) is 20.7 Å². The van der Waals surface area contributed by atoms with Gasteiger partial charge < -0.3 is 19.3 Å². The van der Waals surface area contributed by atoms with Crippen molar-refractivity contribution < 1.29 is 28.9 Å². The average Bonchev–Trinajstić information content (AvgIpc) is 2.66.